The third kappa shape index (κ3) is 3.06. The van der Waals surface area contributed by atoms with E-state index in [0.717, 1.165) is 0 Å². The molecule has 21 heavy (non-hydrogen) atoms. The number of nitro groups is 1. The highest BCUT2D eigenvalue weighted by Crippen LogP contribution is 2.33. The Morgan fingerprint density at radius 3 is 2.52 bits per heavy atom. The summed E-state index contributed by atoms with van der Waals surface area (Å²) >= 11 is 5.19. The van der Waals surface area contributed by atoms with Crippen LogP contribution in [0.25, 0.3) is 6.08 Å². The lowest BCUT2D eigenvalue weighted by molar-refractivity contribution is -0.385. The fourth-order valence-corrected chi connectivity index (χ4v) is 2.22. The van der Waals surface area contributed by atoms with Crippen LogP contribution in [0.2, 0.25) is 0 Å². The second-order valence-corrected chi connectivity index (χ2v) is 4.59. The number of hydrogen-bond acceptors (Lipinski definition) is 4. The van der Waals surface area contributed by atoms with Gasteiger partial charge in [0.2, 0.25) is 0 Å². The van der Waals surface area contributed by atoms with Crippen LogP contribution in [0, 0.1) is 10.1 Å². The maximum atomic E-state index is 11.3. The summed E-state index contributed by atoms with van der Waals surface area (Å²) in [7, 11) is 0. The van der Waals surface area contributed by atoms with Gasteiger partial charge in [-0.3, -0.25) is 10.1 Å². The molecule has 0 amide bonds. The smallest absolute Gasteiger partial charge is 0.290 e. The summed E-state index contributed by atoms with van der Waals surface area (Å²) < 4.78 is 0. The maximum Gasteiger partial charge on any atom is 0.290 e. The predicted octanol–water partition coefficient (Wildman–Crippen LogP) is 3.73. The molecule has 6 heteroatoms. The zero-order valence-electron chi connectivity index (χ0n) is 10.9. The Morgan fingerprint density at radius 1 is 1.29 bits per heavy atom. The molecule has 0 aliphatic heterocycles. The van der Waals surface area contributed by atoms with Gasteiger partial charge in [0.25, 0.3) is 5.69 Å². The number of anilines is 1. The highest BCUT2D eigenvalue weighted by atomic mass is 32.1. The standard InChI is InChI=1S/C15H12N2O3S/c1-2-10-8-9-12(18)13(14(10)17(19)20)15(21)16-11-6-4-3-5-7-11/h2-9,18H,1H2,(H,16,21). The number of benzene rings is 2. The number of aromatic hydroxyl groups is 1. The Labute approximate surface area is 126 Å². The molecule has 2 rings (SSSR count). The van der Waals surface area contributed by atoms with Crippen molar-refractivity contribution in [3.8, 4) is 5.75 Å². The molecule has 0 saturated heterocycles. The highest BCUT2D eigenvalue weighted by molar-refractivity contribution is 7.81. The van der Waals surface area contributed by atoms with E-state index in [9.17, 15) is 15.2 Å². The van der Waals surface area contributed by atoms with Crippen LogP contribution >= 0.6 is 12.2 Å². The minimum atomic E-state index is -0.578. The van der Waals surface area contributed by atoms with Crippen molar-refractivity contribution in [2.75, 3.05) is 5.32 Å². The molecule has 0 aliphatic rings. The van der Waals surface area contributed by atoms with Gasteiger partial charge in [0, 0.05) is 5.69 Å². The van der Waals surface area contributed by atoms with E-state index < -0.39 is 4.92 Å². The number of nitrogens with one attached hydrogen (secondary N) is 1. The number of thiocarbonyl (C=S) groups is 1. The summed E-state index contributed by atoms with van der Waals surface area (Å²) in [6, 6.07) is 11.8. The molecule has 5 nitrogen and oxygen atoms in total. The monoisotopic (exact) mass is 300 g/mol. The van der Waals surface area contributed by atoms with Crippen molar-refractivity contribution in [1.82, 2.24) is 0 Å². The molecule has 106 valence electrons. The number of nitro benzene ring substituents is 1. The maximum absolute atomic E-state index is 11.3. The number of para-hydroxylation sites is 1. The van der Waals surface area contributed by atoms with Gasteiger partial charge in [0.1, 0.15) is 16.3 Å². The van der Waals surface area contributed by atoms with Crippen molar-refractivity contribution in [3.63, 3.8) is 0 Å². The first-order valence-corrected chi connectivity index (χ1v) is 6.44. The van der Waals surface area contributed by atoms with Gasteiger partial charge in [-0.05, 0) is 24.3 Å². The van der Waals surface area contributed by atoms with Gasteiger partial charge in [0.15, 0.2) is 0 Å². The van der Waals surface area contributed by atoms with Crippen molar-refractivity contribution in [1.29, 1.82) is 0 Å². The summed E-state index contributed by atoms with van der Waals surface area (Å²) in [6.45, 7) is 3.54. The average Bonchev–Trinajstić information content (AvgIpc) is 2.47. The molecule has 0 unspecified atom stereocenters. The lowest BCUT2D eigenvalue weighted by atomic mass is 10.1. The summed E-state index contributed by atoms with van der Waals surface area (Å²) in [4.78, 5) is 10.8. The van der Waals surface area contributed by atoms with E-state index in [2.05, 4.69) is 11.9 Å². The third-order valence-corrected chi connectivity index (χ3v) is 3.15. The quantitative estimate of drug-likeness (QED) is 0.511. The van der Waals surface area contributed by atoms with Crippen molar-refractivity contribution >= 4 is 34.7 Å². The first-order chi connectivity index (χ1) is 10.0. The van der Waals surface area contributed by atoms with Crippen LogP contribution in [0.4, 0.5) is 11.4 Å². The lowest BCUT2D eigenvalue weighted by Crippen LogP contribution is -2.13. The summed E-state index contributed by atoms with van der Waals surface area (Å²) in [6.07, 6.45) is 1.35. The molecular weight excluding hydrogens is 288 g/mol. The van der Waals surface area contributed by atoms with Gasteiger partial charge in [-0.2, -0.15) is 0 Å². The van der Waals surface area contributed by atoms with E-state index in [4.69, 9.17) is 12.2 Å². The van der Waals surface area contributed by atoms with Crippen LogP contribution in [0.15, 0.2) is 49.0 Å². The molecule has 0 fully saturated rings. The van der Waals surface area contributed by atoms with Crippen LogP contribution in [-0.2, 0) is 0 Å². The van der Waals surface area contributed by atoms with Crippen LogP contribution in [0.3, 0.4) is 0 Å². The molecule has 0 aromatic heterocycles. The van der Waals surface area contributed by atoms with E-state index in [1.54, 1.807) is 24.3 Å². The average molecular weight is 300 g/mol. The second-order valence-electron chi connectivity index (χ2n) is 4.18. The summed E-state index contributed by atoms with van der Waals surface area (Å²) in [5.41, 5.74) is 0.694. The minimum Gasteiger partial charge on any atom is -0.507 e. The molecule has 0 radical (unpaired) electrons. The SMILES string of the molecule is C=Cc1ccc(O)c(C(=S)Nc2ccccc2)c1[N+](=O)[O-]. The molecular formula is C15H12N2O3S. The first kappa shape index (κ1) is 14.7. The molecule has 0 saturated carbocycles. The fraction of sp³-hybridized carbons (Fsp3) is 0. The van der Waals surface area contributed by atoms with Gasteiger partial charge in [-0.25, -0.2) is 0 Å². The van der Waals surface area contributed by atoms with Crippen molar-refractivity contribution in [2.24, 2.45) is 0 Å². The van der Waals surface area contributed by atoms with Crippen LogP contribution in [0.5, 0.6) is 5.75 Å². The van der Waals surface area contributed by atoms with Gasteiger partial charge in [0.05, 0.1) is 10.5 Å². The van der Waals surface area contributed by atoms with E-state index in [-0.39, 0.29) is 22.0 Å². The van der Waals surface area contributed by atoms with Crippen molar-refractivity contribution in [2.45, 2.75) is 0 Å². The van der Waals surface area contributed by atoms with Gasteiger partial charge in [-0.15, -0.1) is 0 Å². The van der Waals surface area contributed by atoms with Gasteiger partial charge >= 0.3 is 0 Å². The highest BCUT2D eigenvalue weighted by Gasteiger charge is 2.25. The molecule has 0 spiro atoms. The fourth-order valence-electron chi connectivity index (χ4n) is 1.90. The van der Waals surface area contributed by atoms with Crippen LogP contribution in [0.1, 0.15) is 11.1 Å². The first-order valence-electron chi connectivity index (χ1n) is 6.03. The lowest BCUT2D eigenvalue weighted by Gasteiger charge is -2.11. The topological polar surface area (TPSA) is 75.4 Å². The zero-order chi connectivity index (χ0) is 15.4. The predicted molar refractivity (Wildman–Crippen MR) is 86.6 cm³/mol. The van der Waals surface area contributed by atoms with E-state index in [0.29, 0.717) is 11.3 Å². The number of phenols is 1. The van der Waals surface area contributed by atoms with Crippen LogP contribution in [-0.4, -0.2) is 15.0 Å². The number of hydrogen-bond donors (Lipinski definition) is 2. The Kier molecular flexibility index (Phi) is 4.30. The molecule has 2 aromatic rings. The molecule has 0 aliphatic carbocycles. The second kappa shape index (κ2) is 6.15. The minimum absolute atomic E-state index is 0.0174. The summed E-state index contributed by atoms with van der Waals surface area (Å²) in [5, 5.41) is 24.1. The van der Waals surface area contributed by atoms with E-state index >= 15 is 0 Å². The van der Waals surface area contributed by atoms with Crippen molar-refractivity contribution in [3.05, 3.63) is 70.3 Å². The number of rotatable bonds is 4. The normalized spacial score (nSPS) is 9.90. The van der Waals surface area contributed by atoms with Gasteiger partial charge in [-0.1, -0.05) is 43.1 Å². The van der Waals surface area contributed by atoms with E-state index in [1.807, 2.05) is 6.07 Å². The van der Waals surface area contributed by atoms with Gasteiger partial charge < -0.3 is 10.4 Å². The molecule has 0 atom stereocenters. The number of nitrogens with zero attached hydrogens (tertiary/aromatic N) is 1. The Morgan fingerprint density at radius 2 is 1.95 bits per heavy atom. The Hall–Kier alpha value is -2.73. The Balaban J connectivity index is 2.49. The molecule has 2 aromatic carbocycles. The zero-order valence-corrected chi connectivity index (χ0v) is 11.8. The Bertz CT molecular complexity index is 714. The van der Waals surface area contributed by atoms with Crippen molar-refractivity contribution < 1.29 is 10.0 Å². The van der Waals surface area contributed by atoms with E-state index in [1.165, 1.54) is 18.2 Å². The molecule has 0 bridgehead atoms. The third-order valence-electron chi connectivity index (χ3n) is 2.85. The molecule has 0 heterocycles. The molecule has 2 N–H and O–H groups in total. The number of phenolic OH excluding ortho intramolecular Hbond substituents is 1. The van der Waals surface area contributed by atoms with Crippen LogP contribution < -0.4 is 5.32 Å². The largest absolute Gasteiger partial charge is 0.507 e. The summed E-state index contributed by atoms with van der Waals surface area (Å²) in [5.74, 6) is -0.249.